The maximum atomic E-state index is 6.09. The maximum absolute atomic E-state index is 6.09. The number of hydrogen-bond acceptors (Lipinski definition) is 3. The lowest BCUT2D eigenvalue weighted by Crippen LogP contribution is -2.45. The monoisotopic (exact) mass is 236 g/mol. The molecule has 1 aliphatic rings. The van der Waals surface area contributed by atoms with Gasteiger partial charge < -0.3 is 5.73 Å². The lowest BCUT2D eigenvalue weighted by atomic mass is 9.96. The molecule has 1 aromatic rings. The van der Waals surface area contributed by atoms with Crippen molar-refractivity contribution in [3.8, 4) is 0 Å². The first-order valence-electron chi connectivity index (χ1n) is 6.44. The van der Waals surface area contributed by atoms with Gasteiger partial charge in [0.1, 0.15) is 0 Å². The van der Waals surface area contributed by atoms with E-state index in [0.717, 1.165) is 31.7 Å². The van der Waals surface area contributed by atoms with Gasteiger partial charge in [-0.05, 0) is 26.2 Å². The van der Waals surface area contributed by atoms with Crippen LogP contribution in [0, 0.1) is 19.8 Å². The second-order valence-corrected chi connectivity index (χ2v) is 5.57. The van der Waals surface area contributed by atoms with E-state index in [0.29, 0.717) is 12.0 Å². The number of piperidine rings is 1. The number of likely N-dealkylation sites (tertiary alicyclic amines) is 1. The van der Waals surface area contributed by atoms with Gasteiger partial charge in [-0.25, -0.2) is 0 Å². The van der Waals surface area contributed by atoms with Crippen LogP contribution < -0.4 is 5.73 Å². The van der Waals surface area contributed by atoms with Crippen molar-refractivity contribution in [2.24, 2.45) is 18.7 Å². The molecule has 2 heterocycles. The topological polar surface area (TPSA) is 47.1 Å². The van der Waals surface area contributed by atoms with Crippen molar-refractivity contribution < 1.29 is 0 Å². The Morgan fingerprint density at radius 2 is 2.06 bits per heavy atom. The standard InChI is InChI=1S/C13H24N4/c1-9-5-12(14)7-17(6-9)8-13-10(2)15-16(4)11(13)3/h9,12H,5-8,14H2,1-4H3. The first kappa shape index (κ1) is 12.6. The Morgan fingerprint density at radius 1 is 1.35 bits per heavy atom. The summed E-state index contributed by atoms with van der Waals surface area (Å²) >= 11 is 0. The zero-order valence-electron chi connectivity index (χ0n) is 11.4. The Labute approximate surface area is 104 Å². The molecule has 0 bridgehead atoms. The molecule has 4 nitrogen and oxygen atoms in total. The van der Waals surface area contributed by atoms with Crippen LogP contribution in [0.3, 0.4) is 0 Å². The predicted octanol–water partition coefficient (Wildman–Crippen LogP) is 1.21. The Balaban J connectivity index is 2.10. The van der Waals surface area contributed by atoms with Gasteiger partial charge in [0.05, 0.1) is 5.69 Å². The second-order valence-electron chi connectivity index (χ2n) is 5.57. The third-order valence-electron chi connectivity index (χ3n) is 3.81. The molecule has 0 aromatic carbocycles. The Kier molecular flexibility index (Phi) is 3.54. The van der Waals surface area contributed by atoms with Crippen LogP contribution in [-0.4, -0.2) is 33.8 Å². The van der Waals surface area contributed by atoms with Crippen molar-refractivity contribution in [1.29, 1.82) is 0 Å². The van der Waals surface area contributed by atoms with E-state index in [1.165, 1.54) is 11.3 Å². The summed E-state index contributed by atoms with van der Waals surface area (Å²) < 4.78 is 1.97. The molecule has 96 valence electrons. The highest BCUT2D eigenvalue weighted by Crippen LogP contribution is 2.20. The van der Waals surface area contributed by atoms with Crippen molar-refractivity contribution >= 4 is 0 Å². The van der Waals surface area contributed by atoms with E-state index in [1.807, 2.05) is 11.7 Å². The smallest absolute Gasteiger partial charge is 0.0641 e. The average molecular weight is 236 g/mol. The molecule has 0 aliphatic carbocycles. The average Bonchev–Trinajstić information content (AvgIpc) is 2.44. The van der Waals surface area contributed by atoms with Crippen molar-refractivity contribution in [1.82, 2.24) is 14.7 Å². The van der Waals surface area contributed by atoms with Crippen LogP contribution in [0.5, 0.6) is 0 Å². The quantitative estimate of drug-likeness (QED) is 0.839. The second kappa shape index (κ2) is 4.78. The van der Waals surface area contributed by atoms with Gasteiger partial charge in [-0.2, -0.15) is 5.10 Å². The van der Waals surface area contributed by atoms with E-state index in [9.17, 15) is 0 Å². The van der Waals surface area contributed by atoms with Gasteiger partial charge in [0, 0.05) is 44.0 Å². The van der Waals surface area contributed by atoms with Crippen LogP contribution in [0.25, 0.3) is 0 Å². The molecule has 0 radical (unpaired) electrons. The van der Waals surface area contributed by atoms with Crippen LogP contribution in [0.15, 0.2) is 0 Å². The van der Waals surface area contributed by atoms with Gasteiger partial charge in [0.15, 0.2) is 0 Å². The summed E-state index contributed by atoms with van der Waals surface area (Å²) in [7, 11) is 2.01. The van der Waals surface area contributed by atoms with Crippen LogP contribution >= 0.6 is 0 Å². The normalized spacial score (nSPS) is 26.4. The molecule has 1 saturated heterocycles. The first-order valence-corrected chi connectivity index (χ1v) is 6.44. The largest absolute Gasteiger partial charge is 0.327 e. The summed E-state index contributed by atoms with van der Waals surface area (Å²) in [5.41, 5.74) is 9.88. The minimum Gasteiger partial charge on any atom is -0.327 e. The number of aromatic nitrogens is 2. The van der Waals surface area contributed by atoms with Crippen LogP contribution in [0.2, 0.25) is 0 Å². The maximum Gasteiger partial charge on any atom is 0.0641 e. The number of aryl methyl sites for hydroxylation is 2. The van der Waals surface area contributed by atoms with E-state index in [-0.39, 0.29) is 0 Å². The molecule has 0 spiro atoms. The summed E-state index contributed by atoms with van der Waals surface area (Å²) in [4.78, 5) is 2.47. The molecule has 2 N–H and O–H groups in total. The number of nitrogens with two attached hydrogens (primary N) is 1. The fraction of sp³-hybridized carbons (Fsp3) is 0.769. The summed E-state index contributed by atoms with van der Waals surface area (Å²) in [6.07, 6.45) is 1.15. The zero-order chi connectivity index (χ0) is 12.6. The SMILES string of the molecule is Cc1nn(C)c(C)c1CN1CC(C)CC(N)C1. The number of nitrogens with zero attached hydrogens (tertiary/aromatic N) is 3. The minimum absolute atomic E-state index is 0.330. The van der Waals surface area contributed by atoms with Gasteiger partial charge >= 0.3 is 0 Å². The van der Waals surface area contributed by atoms with Crippen LogP contribution in [0.1, 0.15) is 30.3 Å². The Morgan fingerprint density at radius 3 is 2.59 bits per heavy atom. The summed E-state index contributed by atoms with van der Waals surface area (Å²) in [6.45, 7) is 9.68. The van der Waals surface area contributed by atoms with Gasteiger partial charge in [-0.1, -0.05) is 6.92 Å². The van der Waals surface area contributed by atoms with Crippen molar-refractivity contribution in [2.75, 3.05) is 13.1 Å². The highest BCUT2D eigenvalue weighted by atomic mass is 15.3. The molecule has 1 fully saturated rings. The van der Waals surface area contributed by atoms with Crippen molar-refractivity contribution in [2.45, 2.75) is 39.8 Å². The molecule has 1 aromatic heterocycles. The highest BCUT2D eigenvalue weighted by Gasteiger charge is 2.23. The van der Waals surface area contributed by atoms with E-state index >= 15 is 0 Å². The molecule has 17 heavy (non-hydrogen) atoms. The molecule has 0 amide bonds. The molecule has 2 rings (SSSR count). The molecule has 0 saturated carbocycles. The zero-order valence-corrected chi connectivity index (χ0v) is 11.4. The van der Waals surface area contributed by atoms with Gasteiger partial charge in [-0.3, -0.25) is 9.58 Å². The van der Waals surface area contributed by atoms with E-state index in [2.05, 4.69) is 30.8 Å². The van der Waals surface area contributed by atoms with Gasteiger partial charge in [-0.15, -0.1) is 0 Å². The summed E-state index contributed by atoms with van der Waals surface area (Å²) in [5, 5.41) is 4.47. The number of rotatable bonds is 2. The van der Waals surface area contributed by atoms with E-state index in [4.69, 9.17) is 5.73 Å². The Hall–Kier alpha value is -0.870. The molecule has 2 unspecified atom stereocenters. The highest BCUT2D eigenvalue weighted by molar-refractivity contribution is 5.24. The fourth-order valence-electron chi connectivity index (χ4n) is 2.91. The molecule has 1 aliphatic heterocycles. The minimum atomic E-state index is 0.330. The third kappa shape index (κ3) is 2.69. The molecular formula is C13H24N4. The Bertz CT molecular complexity index is 386. The predicted molar refractivity (Wildman–Crippen MR) is 69.7 cm³/mol. The van der Waals surface area contributed by atoms with Crippen molar-refractivity contribution in [3.05, 3.63) is 17.0 Å². The van der Waals surface area contributed by atoms with Crippen LogP contribution in [-0.2, 0) is 13.6 Å². The van der Waals surface area contributed by atoms with E-state index in [1.54, 1.807) is 0 Å². The van der Waals surface area contributed by atoms with Gasteiger partial charge in [0.25, 0.3) is 0 Å². The molecule has 2 atom stereocenters. The van der Waals surface area contributed by atoms with Crippen LogP contribution in [0.4, 0.5) is 0 Å². The fourth-order valence-corrected chi connectivity index (χ4v) is 2.91. The lowest BCUT2D eigenvalue weighted by molar-refractivity contribution is 0.158. The summed E-state index contributed by atoms with van der Waals surface area (Å²) in [6, 6.07) is 0.330. The van der Waals surface area contributed by atoms with Crippen molar-refractivity contribution in [3.63, 3.8) is 0 Å². The molecule has 4 heteroatoms. The molecular weight excluding hydrogens is 212 g/mol. The number of hydrogen-bond donors (Lipinski definition) is 1. The first-order chi connectivity index (χ1) is 7.97. The van der Waals surface area contributed by atoms with Gasteiger partial charge in [0.2, 0.25) is 0 Å². The third-order valence-corrected chi connectivity index (χ3v) is 3.81. The van der Waals surface area contributed by atoms with E-state index < -0.39 is 0 Å². The summed E-state index contributed by atoms with van der Waals surface area (Å²) in [5.74, 6) is 0.705. The lowest BCUT2D eigenvalue weighted by Gasteiger charge is -2.34.